The molecule has 2 rings (SSSR count). The average molecular weight is 322 g/mol. The number of methoxy groups -OCH3 is 1. The SMILES string of the molecule is CCN(C(=O)C1=C(C(=O)OC)CCC1)c1cc(Cl)ccc1C. The number of ether oxygens (including phenoxy) is 1. The van der Waals surface area contributed by atoms with E-state index >= 15 is 0 Å². The van der Waals surface area contributed by atoms with Gasteiger partial charge in [-0.1, -0.05) is 17.7 Å². The zero-order valence-electron chi connectivity index (χ0n) is 13.1. The highest BCUT2D eigenvalue weighted by atomic mass is 35.5. The minimum Gasteiger partial charge on any atom is -0.466 e. The molecule has 5 heteroatoms. The van der Waals surface area contributed by atoms with Gasteiger partial charge in [-0.2, -0.15) is 0 Å². The molecule has 0 N–H and O–H groups in total. The molecule has 22 heavy (non-hydrogen) atoms. The van der Waals surface area contributed by atoms with E-state index in [0.717, 1.165) is 17.7 Å². The zero-order chi connectivity index (χ0) is 16.3. The fourth-order valence-electron chi connectivity index (χ4n) is 2.79. The van der Waals surface area contributed by atoms with Crippen molar-refractivity contribution in [2.45, 2.75) is 33.1 Å². The number of likely N-dealkylation sites (N-methyl/N-ethyl adjacent to an activating group) is 1. The Bertz CT molecular complexity index is 637. The van der Waals surface area contributed by atoms with E-state index in [0.29, 0.717) is 35.6 Å². The molecule has 0 aliphatic heterocycles. The highest BCUT2D eigenvalue weighted by Crippen LogP contribution is 2.31. The molecule has 0 fully saturated rings. The monoisotopic (exact) mass is 321 g/mol. The predicted molar refractivity (Wildman–Crippen MR) is 87.1 cm³/mol. The molecular formula is C17H20ClNO3. The highest BCUT2D eigenvalue weighted by molar-refractivity contribution is 6.31. The van der Waals surface area contributed by atoms with Crippen LogP contribution in [-0.4, -0.2) is 25.5 Å². The molecule has 1 amide bonds. The van der Waals surface area contributed by atoms with Crippen LogP contribution in [0.4, 0.5) is 5.69 Å². The smallest absolute Gasteiger partial charge is 0.334 e. The molecule has 1 aliphatic rings. The number of nitrogens with zero attached hydrogens (tertiary/aromatic N) is 1. The number of hydrogen-bond acceptors (Lipinski definition) is 3. The van der Waals surface area contributed by atoms with Crippen LogP contribution in [0.3, 0.4) is 0 Å². The van der Waals surface area contributed by atoms with Crippen LogP contribution in [-0.2, 0) is 14.3 Å². The van der Waals surface area contributed by atoms with Gasteiger partial charge in [0.15, 0.2) is 0 Å². The Balaban J connectivity index is 2.41. The van der Waals surface area contributed by atoms with Crippen LogP contribution in [0.2, 0.25) is 5.02 Å². The quantitative estimate of drug-likeness (QED) is 0.795. The zero-order valence-corrected chi connectivity index (χ0v) is 13.9. The second-order valence-corrected chi connectivity index (χ2v) is 5.72. The molecular weight excluding hydrogens is 302 g/mol. The number of esters is 1. The minimum absolute atomic E-state index is 0.134. The molecule has 1 aromatic rings. The Morgan fingerprint density at radius 1 is 1.27 bits per heavy atom. The van der Waals surface area contributed by atoms with Crippen molar-refractivity contribution in [3.63, 3.8) is 0 Å². The summed E-state index contributed by atoms with van der Waals surface area (Å²) >= 11 is 6.06. The minimum atomic E-state index is -0.403. The Morgan fingerprint density at radius 3 is 2.59 bits per heavy atom. The number of benzene rings is 1. The molecule has 0 atom stereocenters. The van der Waals surface area contributed by atoms with Crippen LogP contribution in [0.25, 0.3) is 0 Å². The number of halogens is 1. The van der Waals surface area contributed by atoms with Crippen molar-refractivity contribution in [3.8, 4) is 0 Å². The molecule has 0 aromatic heterocycles. The largest absolute Gasteiger partial charge is 0.466 e. The lowest BCUT2D eigenvalue weighted by Crippen LogP contribution is -2.33. The molecule has 0 saturated carbocycles. The van der Waals surface area contributed by atoms with Gasteiger partial charge < -0.3 is 9.64 Å². The average Bonchev–Trinajstić information content (AvgIpc) is 3.00. The van der Waals surface area contributed by atoms with Gasteiger partial charge in [-0.25, -0.2) is 4.79 Å². The van der Waals surface area contributed by atoms with Crippen LogP contribution in [0, 0.1) is 6.92 Å². The maximum absolute atomic E-state index is 12.9. The second-order valence-electron chi connectivity index (χ2n) is 5.28. The van der Waals surface area contributed by atoms with E-state index in [-0.39, 0.29) is 5.91 Å². The van der Waals surface area contributed by atoms with Gasteiger partial charge in [0.2, 0.25) is 0 Å². The van der Waals surface area contributed by atoms with Gasteiger partial charge in [0, 0.05) is 28.4 Å². The number of rotatable bonds is 4. The van der Waals surface area contributed by atoms with E-state index in [9.17, 15) is 9.59 Å². The molecule has 0 saturated heterocycles. The number of aryl methyl sites for hydroxylation is 1. The maximum Gasteiger partial charge on any atom is 0.334 e. The van der Waals surface area contributed by atoms with E-state index in [1.54, 1.807) is 17.0 Å². The van der Waals surface area contributed by atoms with Crippen molar-refractivity contribution in [1.29, 1.82) is 0 Å². The van der Waals surface area contributed by atoms with E-state index in [1.165, 1.54) is 7.11 Å². The Kier molecular flexibility index (Phi) is 5.24. The lowest BCUT2D eigenvalue weighted by molar-refractivity contribution is -0.136. The molecule has 0 bridgehead atoms. The highest BCUT2D eigenvalue weighted by Gasteiger charge is 2.29. The summed E-state index contributed by atoms with van der Waals surface area (Å²) in [6, 6.07) is 5.47. The molecule has 0 heterocycles. The van der Waals surface area contributed by atoms with Crippen LogP contribution in [0.5, 0.6) is 0 Å². The molecule has 1 aliphatic carbocycles. The first-order valence-corrected chi connectivity index (χ1v) is 7.75. The molecule has 0 radical (unpaired) electrons. The lowest BCUT2D eigenvalue weighted by Gasteiger charge is -2.24. The van der Waals surface area contributed by atoms with E-state index in [1.807, 2.05) is 19.9 Å². The summed E-state index contributed by atoms with van der Waals surface area (Å²) in [4.78, 5) is 26.4. The van der Waals surface area contributed by atoms with Crippen molar-refractivity contribution in [1.82, 2.24) is 0 Å². The summed E-state index contributed by atoms with van der Waals surface area (Å²) in [5.41, 5.74) is 2.82. The molecule has 4 nitrogen and oxygen atoms in total. The van der Waals surface area contributed by atoms with Crippen molar-refractivity contribution in [3.05, 3.63) is 39.9 Å². The number of anilines is 1. The topological polar surface area (TPSA) is 46.6 Å². The molecule has 118 valence electrons. The van der Waals surface area contributed by atoms with Crippen molar-refractivity contribution < 1.29 is 14.3 Å². The maximum atomic E-state index is 12.9. The Morgan fingerprint density at radius 2 is 1.95 bits per heavy atom. The van der Waals surface area contributed by atoms with E-state index in [4.69, 9.17) is 16.3 Å². The fraction of sp³-hybridized carbons (Fsp3) is 0.412. The van der Waals surface area contributed by atoms with Crippen LogP contribution < -0.4 is 4.90 Å². The third-order valence-electron chi connectivity index (χ3n) is 3.93. The van der Waals surface area contributed by atoms with Gasteiger partial charge in [-0.3, -0.25) is 4.79 Å². The molecule has 0 unspecified atom stereocenters. The second kappa shape index (κ2) is 6.97. The fourth-order valence-corrected chi connectivity index (χ4v) is 2.95. The van der Waals surface area contributed by atoms with Crippen molar-refractivity contribution >= 4 is 29.2 Å². The number of carbonyl (C=O) groups excluding carboxylic acids is 2. The summed E-state index contributed by atoms with van der Waals surface area (Å²) < 4.78 is 4.79. The first kappa shape index (κ1) is 16.6. The van der Waals surface area contributed by atoms with Gasteiger partial charge in [0.1, 0.15) is 0 Å². The van der Waals surface area contributed by atoms with Gasteiger partial charge >= 0.3 is 5.97 Å². The van der Waals surface area contributed by atoms with Crippen LogP contribution in [0.15, 0.2) is 29.3 Å². The van der Waals surface area contributed by atoms with Gasteiger partial charge in [0.25, 0.3) is 5.91 Å². The third kappa shape index (κ3) is 3.17. The van der Waals surface area contributed by atoms with Gasteiger partial charge in [0.05, 0.1) is 7.11 Å². The van der Waals surface area contributed by atoms with Crippen molar-refractivity contribution in [2.24, 2.45) is 0 Å². The van der Waals surface area contributed by atoms with Gasteiger partial charge in [-0.15, -0.1) is 0 Å². The normalized spacial score (nSPS) is 14.2. The number of amides is 1. The summed E-state index contributed by atoms with van der Waals surface area (Å²) in [6.07, 6.45) is 2.01. The number of carbonyl (C=O) groups is 2. The Labute approximate surface area is 135 Å². The first-order valence-electron chi connectivity index (χ1n) is 7.38. The number of hydrogen-bond donors (Lipinski definition) is 0. The van der Waals surface area contributed by atoms with E-state index in [2.05, 4.69) is 0 Å². The lowest BCUT2D eigenvalue weighted by atomic mass is 10.1. The molecule has 0 spiro atoms. The summed E-state index contributed by atoms with van der Waals surface area (Å²) in [7, 11) is 1.34. The molecule has 1 aromatic carbocycles. The van der Waals surface area contributed by atoms with Crippen molar-refractivity contribution in [2.75, 3.05) is 18.6 Å². The Hall–Kier alpha value is -1.81. The summed E-state index contributed by atoms with van der Waals surface area (Å²) in [5, 5.41) is 0.584. The van der Waals surface area contributed by atoms with Crippen LogP contribution >= 0.6 is 11.6 Å². The summed E-state index contributed by atoms with van der Waals surface area (Å²) in [5.74, 6) is -0.537. The van der Waals surface area contributed by atoms with E-state index < -0.39 is 5.97 Å². The van der Waals surface area contributed by atoms with Crippen LogP contribution in [0.1, 0.15) is 31.7 Å². The standard InChI is InChI=1S/C17H20ClNO3/c1-4-19(15-10-12(18)9-8-11(15)2)16(20)13-6-5-7-14(13)17(21)22-3/h8-10H,4-7H2,1-3H3. The third-order valence-corrected chi connectivity index (χ3v) is 4.17. The first-order chi connectivity index (χ1) is 10.5. The van der Waals surface area contributed by atoms with Gasteiger partial charge in [-0.05, 0) is 50.8 Å². The summed E-state index contributed by atoms with van der Waals surface area (Å²) in [6.45, 7) is 4.36. The predicted octanol–water partition coefficient (Wildman–Crippen LogP) is 3.65.